The number of aliphatic hydroxyl groups excluding tert-OH is 1. The molecule has 52 heavy (non-hydrogen) atoms. The molecule has 0 aromatic heterocycles. The van der Waals surface area contributed by atoms with Crippen molar-refractivity contribution >= 4 is 41.0 Å². The van der Waals surface area contributed by atoms with Crippen LogP contribution in [0.25, 0.3) is 0 Å². The van der Waals surface area contributed by atoms with Crippen LogP contribution in [-0.4, -0.2) is 136 Å². The number of rotatable bonds is 7. The fraction of sp³-hybridized carbons (Fsp3) is 0.531. The van der Waals surface area contributed by atoms with Crippen molar-refractivity contribution in [2.24, 2.45) is 0 Å². The molecule has 3 aliphatic rings. The van der Waals surface area contributed by atoms with Gasteiger partial charge in [0.05, 0.1) is 10.6 Å². The fourth-order valence-electron chi connectivity index (χ4n) is 5.71. The first kappa shape index (κ1) is 42.7. The summed E-state index contributed by atoms with van der Waals surface area (Å²) in [6.45, 7) is 3.28. The first-order chi connectivity index (χ1) is 24.0. The van der Waals surface area contributed by atoms with Gasteiger partial charge in [-0.2, -0.15) is 26.3 Å². The third-order valence-corrected chi connectivity index (χ3v) is 9.01. The number of aromatic hydroxyl groups is 1. The molecule has 0 aliphatic carbocycles. The number of halogens is 8. The van der Waals surface area contributed by atoms with Crippen LogP contribution in [0.4, 0.5) is 26.3 Å². The smallest absolute Gasteiger partial charge is 0.490 e. The predicted molar refractivity (Wildman–Crippen MR) is 174 cm³/mol. The minimum atomic E-state index is -5.08. The number of hydrogen-bond donors (Lipinski definition) is 4. The highest BCUT2D eigenvalue weighted by atomic mass is 35.5. The Labute approximate surface area is 304 Å². The number of phenols is 1. The maximum Gasteiger partial charge on any atom is 0.490 e. The lowest BCUT2D eigenvalue weighted by molar-refractivity contribution is -0.193. The van der Waals surface area contributed by atoms with Gasteiger partial charge in [0.2, 0.25) is 0 Å². The number of aliphatic carboxylic acids is 2. The van der Waals surface area contributed by atoms with Crippen LogP contribution in [0.15, 0.2) is 30.3 Å². The van der Waals surface area contributed by atoms with E-state index in [1.807, 2.05) is 32.3 Å². The molecule has 2 atom stereocenters. The van der Waals surface area contributed by atoms with Crippen LogP contribution in [0.2, 0.25) is 10.0 Å². The van der Waals surface area contributed by atoms with Gasteiger partial charge in [0.15, 0.2) is 0 Å². The molecular formula is C32H37Cl2F6N3O9. The average molecular weight is 793 g/mol. The number of carbonyl (C=O) groups is 3. The molecule has 0 bridgehead atoms. The molecule has 0 saturated carbocycles. The summed E-state index contributed by atoms with van der Waals surface area (Å²) in [7, 11) is 4.01. The Bertz CT molecular complexity index is 1560. The molecule has 0 radical (unpaired) electrons. The summed E-state index contributed by atoms with van der Waals surface area (Å²) in [5.41, 5.74) is 1.24. The normalized spacial score (nSPS) is 18.8. The summed E-state index contributed by atoms with van der Waals surface area (Å²) in [5, 5.41) is 36.0. The molecule has 5 rings (SSSR count). The zero-order valence-electron chi connectivity index (χ0n) is 27.8. The third kappa shape index (κ3) is 11.9. The Balaban J connectivity index is 0.000000441. The van der Waals surface area contributed by atoms with Crippen LogP contribution >= 0.6 is 23.2 Å². The van der Waals surface area contributed by atoms with Crippen LogP contribution in [-0.2, 0) is 16.0 Å². The zero-order valence-corrected chi connectivity index (χ0v) is 29.3. The van der Waals surface area contributed by atoms with Gasteiger partial charge >= 0.3 is 24.3 Å². The number of ether oxygens (including phenoxy) is 2. The van der Waals surface area contributed by atoms with Crippen molar-refractivity contribution in [3.05, 3.63) is 51.5 Å². The number of benzene rings is 2. The highest BCUT2D eigenvalue weighted by Gasteiger charge is 2.42. The second kappa shape index (κ2) is 17.4. The van der Waals surface area contributed by atoms with Crippen LogP contribution in [0.3, 0.4) is 0 Å². The molecule has 2 fully saturated rings. The van der Waals surface area contributed by atoms with Crippen molar-refractivity contribution in [2.75, 3.05) is 53.4 Å². The van der Waals surface area contributed by atoms with Gasteiger partial charge in [-0.15, -0.1) is 0 Å². The molecule has 2 aromatic rings. The molecular weight excluding hydrogens is 755 g/mol. The molecule has 3 aliphatic heterocycles. The van der Waals surface area contributed by atoms with Crippen LogP contribution in [0.5, 0.6) is 17.2 Å². The van der Waals surface area contributed by atoms with Crippen LogP contribution < -0.4 is 9.47 Å². The number of piperidine rings is 1. The largest absolute Gasteiger partial charge is 0.506 e. The number of carboxylic acid groups (broad SMARTS) is 2. The van der Waals surface area contributed by atoms with E-state index in [-0.39, 0.29) is 40.2 Å². The van der Waals surface area contributed by atoms with Crippen molar-refractivity contribution < 1.29 is 70.6 Å². The van der Waals surface area contributed by atoms with Gasteiger partial charge in [-0.3, -0.25) is 4.79 Å². The Kier molecular flexibility index (Phi) is 14.3. The van der Waals surface area contributed by atoms with Crippen molar-refractivity contribution in [3.63, 3.8) is 0 Å². The third-order valence-electron chi connectivity index (χ3n) is 8.47. The monoisotopic (exact) mass is 791 g/mol. The number of likely N-dealkylation sites (N-methyl/N-ethyl adjacent to an activating group) is 1. The van der Waals surface area contributed by atoms with E-state index < -0.39 is 30.4 Å². The molecule has 2 saturated heterocycles. The Morgan fingerprint density at radius 3 is 2.10 bits per heavy atom. The van der Waals surface area contributed by atoms with E-state index in [1.165, 1.54) is 12.1 Å². The van der Waals surface area contributed by atoms with E-state index in [0.29, 0.717) is 25.7 Å². The number of carboxylic acids is 2. The summed E-state index contributed by atoms with van der Waals surface area (Å²) >= 11 is 12.3. The number of hydrogen-bond acceptors (Lipinski definition) is 9. The second-order valence-electron chi connectivity index (χ2n) is 12.5. The molecule has 1 amide bonds. The van der Waals surface area contributed by atoms with Gasteiger partial charge in [-0.05, 0) is 50.3 Å². The van der Waals surface area contributed by atoms with Gasteiger partial charge < -0.3 is 44.6 Å². The minimum absolute atomic E-state index is 0.0102. The maximum absolute atomic E-state index is 13.3. The van der Waals surface area contributed by atoms with E-state index in [9.17, 15) is 41.4 Å². The van der Waals surface area contributed by atoms with Crippen molar-refractivity contribution in [2.45, 2.75) is 55.8 Å². The molecule has 12 nitrogen and oxygen atoms in total. The number of nitrogens with zero attached hydrogens (tertiary/aromatic N) is 3. The molecule has 290 valence electrons. The lowest BCUT2D eigenvalue weighted by Gasteiger charge is -2.39. The number of β-amino-alcohol motifs (C(OH)–C–C–N with tert-alkyl or cyclic N) is 1. The van der Waals surface area contributed by atoms with Gasteiger partial charge in [-0.25, -0.2) is 9.59 Å². The van der Waals surface area contributed by atoms with Crippen molar-refractivity contribution in [1.29, 1.82) is 0 Å². The first-order valence-corrected chi connectivity index (χ1v) is 16.4. The Morgan fingerprint density at radius 1 is 1.00 bits per heavy atom. The van der Waals surface area contributed by atoms with Crippen molar-refractivity contribution in [3.8, 4) is 17.2 Å². The van der Waals surface area contributed by atoms with E-state index in [0.717, 1.165) is 55.1 Å². The predicted octanol–water partition coefficient (Wildman–Crippen LogP) is 4.95. The molecule has 0 unspecified atom stereocenters. The standard InChI is InChI=1S/C28H35Cl2N3O5.2C2HF3O2/c1-31(2)20-5-8-33(15-20)27(36)22-12-23(30)24(35)13-26(22)37-17-21(34)16-32-9-6-28(7-10-32)14-18-11-19(29)3-4-25(18)38-28;2*3-2(4,5)1(6)7/h3-4,11-13,20-21,34-35H,5-10,14-17H2,1-2H3;2*(H,6,7)/t20-,21+;;/m1../s1. The number of alkyl halides is 6. The molecule has 2 aromatic carbocycles. The van der Waals surface area contributed by atoms with E-state index in [2.05, 4.69) is 9.80 Å². The van der Waals surface area contributed by atoms with E-state index in [1.54, 1.807) is 4.90 Å². The highest BCUT2D eigenvalue weighted by molar-refractivity contribution is 6.32. The summed E-state index contributed by atoms with van der Waals surface area (Å²) in [6.07, 6.45) is -7.47. The first-order valence-electron chi connectivity index (χ1n) is 15.6. The van der Waals surface area contributed by atoms with E-state index >= 15 is 0 Å². The Hall–Kier alpha value is -3.71. The topological polar surface area (TPSA) is 160 Å². The van der Waals surface area contributed by atoms with Gasteiger partial charge in [0.25, 0.3) is 5.91 Å². The summed E-state index contributed by atoms with van der Waals surface area (Å²) in [5.74, 6) is -4.74. The van der Waals surface area contributed by atoms with Crippen LogP contribution in [0, 0.1) is 0 Å². The highest BCUT2D eigenvalue weighted by Crippen LogP contribution is 2.42. The molecule has 3 heterocycles. The van der Waals surface area contributed by atoms with Gasteiger partial charge in [0.1, 0.15) is 35.6 Å². The van der Waals surface area contributed by atoms with Gasteiger partial charge in [0, 0.05) is 69.1 Å². The second-order valence-corrected chi connectivity index (χ2v) is 13.4. The van der Waals surface area contributed by atoms with Crippen molar-refractivity contribution in [1.82, 2.24) is 14.7 Å². The number of likely N-dealkylation sites (tertiary alicyclic amines) is 2. The maximum atomic E-state index is 13.3. The zero-order chi connectivity index (χ0) is 39.2. The lowest BCUT2D eigenvalue weighted by Crippen LogP contribution is -2.49. The number of amides is 1. The van der Waals surface area contributed by atoms with E-state index in [4.69, 9.17) is 52.5 Å². The number of aliphatic hydroxyl groups is 1. The SMILES string of the molecule is CN(C)[C@@H]1CCN(C(=O)c2cc(Cl)c(O)cc2OC[C@@H](O)CN2CCC3(CC2)Cc2cc(Cl)ccc2O3)C1.O=C(O)C(F)(F)F.O=C(O)C(F)(F)F. The molecule has 4 N–H and O–H groups in total. The number of phenolic OH excluding ortho intramolecular Hbond substituents is 1. The quantitative estimate of drug-likeness (QED) is 0.281. The molecule has 20 heteroatoms. The number of fused-ring (bicyclic) bond motifs is 1. The lowest BCUT2D eigenvalue weighted by atomic mass is 9.87. The number of carbonyl (C=O) groups excluding carboxylic acids is 1. The fourth-order valence-corrected chi connectivity index (χ4v) is 6.07. The Morgan fingerprint density at radius 2 is 1.58 bits per heavy atom. The summed E-state index contributed by atoms with van der Waals surface area (Å²) < 4.78 is 75.7. The van der Waals surface area contributed by atoms with Crippen LogP contribution in [0.1, 0.15) is 35.2 Å². The molecule has 1 spiro atoms. The average Bonchev–Trinajstić information content (AvgIpc) is 3.67. The van der Waals surface area contributed by atoms with Gasteiger partial charge in [-0.1, -0.05) is 23.2 Å². The summed E-state index contributed by atoms with van der Waals surface area (Å²) in [6, 6.07) is 8.88. The minimum Gasteiger partial charge on any atom is -0.506 e. The summed E-state index contributed by atoms with van der Waals surface area (Å²) in [4.78, 5) is 37.2.